The van der Waals surface area contributed by atoms with Crippen molar-refractivity contribution >= 4 is 11.0 Å². The maximum Gasteiger partial charge on any atom is 0.277 e. The zero-order chi connectivity index (χ0) is 13.4. The third-order valence-electron chi connectivity index (χ3n) is 3.15. The molecule has 0 spiro atoms. The molecule has 2 heterocycles. The van der Waals surface area contributed by atoms with Gasteiger partial charge in [-0.05, 0) is 19.1 Å². The molecule has 5 heteroatoms. The number of fused-ring (bicyclic) bond motifs is 1. The number of rotatable bonds is 2. The minimum absolute atomic E-state index is 0.0748. The van der Waals surface area contributed by atoms with Crippen LogP contribution in [0.1, 0.15) is 6.92 Å². The molecule has 0 bridgehead atoms. The zero-order valence-corrected chi connectivity index (χ0v) is 10.9. The van der Waals surface area contributed by atoms with Gasteiger partial charge in [-0.25, -0.2) is 4.98 Å². The fourth-order valence-electron chi connectivity index (χ4n) is 2.24. The lowest BCUT2D eigenvalue weighted by molar-refractivity contribution is 0.755. The van der Waals surface area contributed by atoms with Crippen LogP contribution in [0.25, 0.3) is 22.3 Å². The molecule has 3 rings (SSSR count). The molecule has 0 atom stereocenters. The van der Waals surface area contributed by atoms with Crippen LogP contribution >= 0.6 is 0 Å². The normalized spacial score (nSPS) is 11.1. The first-order valence-electron chi connectivity index (χ1n) is 6.19. The average molecular weight is 254 g/mol. The molecule has 0 amide bonds. The molecular formula is C14H14N4O. The first-order chi connectivity index (χ1) is 9.20. The summed E-state index contributed by atoms with van der Waals surface area (Å²) in [5.74, 6) is 0. The number of para-hydroxylation sites is 2. The fourth-order valence-corrected chi connectivity index (χ4v) is 2.24. The molecule has 0 aliphatic heterocycles. The van der Waals surface area contributed by atoms with Gasteiger partial charge in [0.2, 0.25) is 0 Å². The van der Waals surface area contributed by atoms with Gasteiger partial charge in [0.15, 0.2) is 0 Å². The van der Waals surface area contributed by atoms with Crippen LogP contribution in [0.2, 0.25) is 0 Å². The molecule has 5 nitrogen and oxygen atoms in total. The van der Waals surface area contributed by atoms with E-state index in [1.54, 1.807) is 21.6 Å². The van der Waals surface area contributed by atoms with Crippen molar-refractivity contribution in [1.29, 1.82) is 0 Å². The molecule has 0 unspecified atom stereocenters. The van der Waals surface area contributed by atoms with E-state index in [9.17, 15) is 4.79 Å². The summed E-state index contributed by atoms with van der Waals surface area (Å²) in [6.07, 6.45) is 3.47. The maximum atomic E-state index is 12.5. The smallest absolute Gasteiger partial charge is 0.277 e. The average Bonchev–Trinajstić information content (AvgIpc) is 2.84. The third kappa shape index (κ3) is 1.83. The lowest BCUT2D eigenvalue weighted by Gasteiger charge is -2.09. The molecule has 2 aromatic heterocycles. The summed E-state index contributed by atoms with van der Waals surface area (Å²) in [6, 6.07) is 7.67. The minimum atomic E-state index is -0.0748. The van der Waals surface area contributed by atoms with Gasteiger partial charge in [0.05, 0.1) is 17.2 Å². The first-order valence-corrected chi connectivity index (χ1v) is 6.19. The second-order valence-corrected chi connectivity index (χ2v) is 4.40. The summed E-state index contributed by atoms with van der Waals surface area (Å²) < 4.78 is 3.41. The number of hydrogen-bond acceptors (Lipinski definition) is 3. The highest BCUT2D eigenvalue weighted by Gasteiger charge is 2.12. The number of aryl methyl sites for hydroxylation is 2. The van der Waals surface area contributed by atoms with Crippen molar-refractivity contribution in [3.05, 3.63) is 47.0 Å². The van der Waals surface area contributed by atoms with Crippen molar-refractivity contribution in [2.45, 2.75) is 13.5 Å². The Labute approximate surface area is 110 Å². The molecule has 0 saturated heterocycles. The van der Waals surface area contributed by atoms with Crippen LogP contribution in [-0.2, 0) is 13.6 Å². The van der Waals surface area contributed by atoms with Gasteiger partial charge in [-0.2, -0.15) is 5.10 Å². The highest BCUT2D eigenvalue weighted by molar-refractivity contribution is 5.77. The summed E-state index contributed by atoms with van der Waals surface area (Å²) >= 11 is 0. The highest BCUT2D eigenvalue weighted by Crippen LogP contribution is 2.16. The van der Waals surface area contributed by atoms with E-state index in [-0.39, 0.29) is 5.56 Å². The van der Waals surface area contributed by atoms with E-state index < -0.39 is 0 Å². The van der Waals surface area contributed by atoms with Gasteiger partial charge in [-0.1, -0.05) is 12.1 Å². The second kappa shape index (κ2) is 4.35. The lowest BCUT2D eigenvalue weighted by atomic mass is 10.2. The van der Waals surface area contributed by atoms with Gasteiger partial charge in [0.1, 0.15) is 5.69 Å². The van der Waals surface area contributed by atoms with E-state index in [4.69, 9.17) is 0 Å². The summed E-state index contributed by atoms with van der Waals surface area (Å²) in [5, 5.41) is 4.10. The van der Waals surface area contributed by atoms with E-state index >= 15 is 0 Å². The zero-order valence-electron chi connectivity index (χ0n) is 10.9. The molecule has 3 aromatic rings. The van der Waals surface area contributed by atoms with Crippen molar-refractivity contribution in [2.24, 2.45) is 7.05 Å². The molecule has 0 aliphatic carbocycles. The molecule has 0 aliphatic rings. The van der Waals surface area contributed by atoms with E-state index in [2.05, 4.69) is 10.1 Å². The number of nitrogens with zero attached hydrogens (tertiary/aromatic N) is 4. The van der Waals surface area contributed by atoms with E-state index in [1.807, 2.05) is 38.2 Å². The van der Waals surface area contributed by atoms with Crippen molar-refractivity contribution < 1.29 is 0 Å². The Morgan fingerprint density at radius 2 is 2.05 bits per heavy atom. The largest absolute Gasteiger partial charge is 0.305 e. The Morgan fingerprint density at radius 3 is 2.74 bits per heavy atom. The standard InChI is InChI=1S/C14H14N4O/c1-3-18-12-7-5-4-6-11(12)16-13(14(18)19)10-8-15-17(2)9-10/h4-9H,3H2,1-2H3. The van der Waals surface area contributed by atoms with Gasteiger partial charge in [-0.15, -0.1) is 0 Å². The van der Waals surface area contributed by atoms with E-state index in [0.29, 0.717) is 12.2 Å². The number of benzene rings is 1. The highest BCUT2D eigenvalue weighted by atomic mass is 16.1. The maximum absolute atomic E-state index is 12.5. The second-order valence-electron chi connectivity index (χ2n) is 4.40. The SMILES string of the molecule is CCn1c(=O)c(-c2cnn(C)c2)nc2ccccc21. The van der Waals surface area contributed by atoms with Crippen LogP contribution in [0.5, 0.6) is 0 Å². The van der Waals surface area contributed by atoms with Crippen LogP contribution in [0.3, 0.4) is 0 Å². The monoisotopic (exact) mass is 254 g/mol. The summed E-state index contributed by atoms with van der Waals surface area (Å²) in [4.78, 5) is 17.0. The fraction of sp³-hybridized carbons (Fsp3) is 0.214. The van der Waals surface area contributed by atoms with Gasteiger partial charge < -0.3 is 4.57 Å². The molecule has 0 N–H and O–H groups in total. The van der Waals surface area contributed by atoms with Crippen molar-refractivity contribution in [3.63, 3.8) is 0 Å². The molecule has 1 aromatic carbocycles. The van der Waals surface area contributed by atoms with Crippen LogP contribution < -0.4 is 5.56 Å². The molecule has 96 valence electrons. The molecular weight excluding hydrogens is 240 g/mol. The Kier molecular flexibility index (Phi) is 2.67. The molecule has 19 heavy (non-hydrogen) atoms. The molecule has 0 fully saturated rings. The Balaban J connectivity index is 2.38. The molecule has 0 saturated carbocycles. The van der Waals surface area contributed by atoms with Crippen molar-refractivity contribution in [2.75, 3.05) is 0 Å². The van der Waals surface area contributed by atoms with Crippen molar-refractivity contribution in [1.82, 2.24) is 19.3 Å². The predicted molar refractivity (Wildman–Crippen MR) is 73.9 cm³/mol. The first kappa shape index (κ1) is 11.6. The Morgan fingerprint density at radius 1 is 1.26 bits per heavy atom. The number of aromatic nitrogens is 4. The summed E-state index contributed by atoms with van der Waals surface area (Å²) in [5.41, 5.74) is 2.81. The van der Waals surface area contributed by atoms with Gasteiger partial charge in [0, 0.05) is 25.4 Å². The van der Waals surface area contributed by atoms with Crippen LogP contribution in [0.4, 0.5) is 0 Å². The lowest BCUT2D eigenvalue weighted by Crippen LogP contribution is -2.22. The quantitative estimate of drug-likeness (QED) is 0.701. The third-order valence-corrected chi connectivity index (χ3v) is 3.15. The van der Waals surface area contributed by atoms with Crippen LogP contribution in [-0.4, -0.2) is 19.3 Å². The summed E-state index contributed by atoms with van der Waals surface area (Å²) in [6.45, 7) is 2.58. The van der Waals surface area contributed by atoms with Crippen LogP contribution in [0, 0.1) is 0 Å². The van der Waals surface area contributed by atoms with E-state index in [0.717, 1.165) is 16.6 Å². The number of hydrogen-bond donors (Lipinski definition) is 0. The van der Waals surface area contributed by atoms with Crippen LogP contribution in [0.15, 0.2) is 41.5 Å². The predicted octanol–water partition coefficient (Wildman–Crippen LogP) is 1.82. The summed E-state index contributed by atoms with van der Waals surface area (Å²) in [7, 11) is 1.82. The van der Waals surface area contributed by atoms with Gasteiger partial charge in [-0.3, -0.25) is 9.48 Å². The topological polar surface area (TPSA) is 52.7 Å². The van der Waals surface area contributed by atoms with Gasteiger partial charge in [0.25, 0.3) is 5.56 Å². The van der Waals surface area contributed by atoms with E-state index in [1.165, 1.54) is 0 Å². The Hall–Kier alpha value is -2.43. The molecule has 0 radical (unpaired) electrons. The van der Waals surface area contributed by atoms with Crippen molar-refractivity contribution in [3.8, 4) is 11.3 Å². The minimum Gasteiger partial charge on any atom is -0.305 e. The van der Waals surface area contributed by atoms with Gasteiger partial charge >= 0.3 is 0 Å². The Bertz CT molecular complexity index is 801.